The summed E-state index contributed by atoms with van der Waals surface area (Å²) in [6.45, 7) is 5.10. The van der Waals surface area contributed by atoms with Gasteiger partial charge in [-0.3, -0.25) is 0 Å². The van der Waals surface area contributed by atoms with E-state index in [0.29, 0.717) is 5.92 Å². The number of aliphatic hydroxyl groups is 1. The highest BCUT2D eigenvalue weighted by Gasteiger charge is 2.25. The number of likely N-dealkylation sites (tertiary alicyclic amines) is 1. The van der Waals surface area contributed by atoms with Gasteiger partial charge in [-0.05, 0) is 62.4 Å². The minimum atomic E-state index is -0.288. The molecule has 2 heterocycles. The van der Waals surface area contributed by atoms with Gasteiger partial charge in [-0.15, -0.1) is 0 Å². The molecule has 1 aromatic heterocycles. The summed E-state index contributed by atoms with van der Waals surface area (Å²) < 4.78 is 0. The van der Waals surface area contributed by atoms with Crippen molar-refractivity contribution in [3.63, 3.8) is 0 Å². The Morgan fingerprint density at radius 2 is 1.73 bits per heavy atom. The van der Waals surface area contributed by atoms with Crippen LogP contribution < -0.4 is 0 Å². The number of hydrogen-bond acceptors (Lipinski definition) is 2. The van der Waals surface area contributed by atoms with Gasteiger partial charge >= 0.3 is 0 Å². The molecule has 3 heteroatoms. The third-order valence-electron chi connectivity index (χ3n) is 5.72. The van der Waals surface area contributed by atoms with Crippen molar-refractivity contribution in [2.24, 2.45) is 0 Å². The highest BCUT2D eigenvalue weighted by Crippen LogP contribution is 2.35. The van der Waals surface area contributed by atoms with Crippen molar-refractivity contribution in [1.82, 2.24) is 9.88 Å². The second kappa shape index (κ2) is 7.65. The molecule has 0 bridgehead atoms. The van der Waals surface area contributed by atoms with E-state index in [4.69, 9.17) is 0 Å². The molecule has 1 aliphatic heterocycles. The van der Waals surface area contributed by atoms with Crippen molar-refractivity contribution in [3.05, 3.63) is 71.4 Å². The molecule has 0 aliphatic carbocycles. The number of H-pyrrole nitrogens is 1. The van der Waals surface area contributed by atoms with E-state index in [1.807, 2.05) is 18.2 Å². The number of aromatic amines is 1. The molecule has 1 saturated heterocycles. The number of rotatable bonds is 5. The molecular formula is C23H28N2O. The number of β-amino-alcohol motifs (C(OH)–C–C–N with tert-alkyl or cyclic N) is 1. The minimum Gasteiger partial charge on any atom is -0.391 e. The molecule has 3 nitrogen and oxygen atoms in total. The molecule has 0 amide bonds. The summed E-state index contributed by atoms with van der Waals surface area (Å²) >= 11 is 0. The standard InChI is InChI=1S/C23H28N2O/c1-17-23(21-9-5-6-10-22(21)24-17)19-11-13-25(14-12-19)16-20(26)15-18-7-3-2-4-8-18/h2-10,19-20,24,26H,11-16H2,1H3. The van der Waals surface area contributed by atoms with Crippen LogP contribution >= 0.6 is 0 Å². The van der Waals surface area contributed by atoms with Crippen LogP contribution in [0.5, 0.6) is 0 Å². The highest BCUT2D eigenvalue weighted by molar-refractivity contribution is 5.85. The summed E-state index contributed by atoms with van der Waals surface area (Å²) in [6, 6.07) is 18.9. The van der Waals surface area contributed by atoms with Crippen LogP contribution in [0.3, 0.4) is 0 Å². The molecule has 4 rings (SSSR count). The Morgan fingerprint density at radius 3 is 2.50 bits per heavy atom. The topological polar surface area (TPSA) is 39.3 Å². The van der Waals surface area contributed by atoms with Crippen LogP contribution in [0, 0.1) is 6.92 Å². The fourth-order valence-corrected chi connectivity index (χ4v) is 4.48. The van der Waals surface area contributed by atoms with Gasteiger partial charge in [0, 0.05) is 23.1 Å². The maximum atomic E-state index is 10.4. The van der Waals surface area contributed by atoms with Gasteiger partial charge in [0.15, 0.2) is 0 Å². The molecule has 2 aromatic carbocycles. The van der Waals surface area contributed by atoms with Gasteiger partial charge in [0.05, 0.1) is 6.10 Å². The Kier molecular flexibility index (Phi) is 5.09. The fourth-order valence-electron chi connectivity index (χ4n) is 4.48. The first-order chi connectivity index (χ1) is 12.7. The molecular weight excluding hydrogens is 320 g/mol. The molecule has 136 valence electrons. The van der Waals surface area contributed by atoms with Gasteiger partial charge in [0.25, 0.3) is 0 Å². The van der Waals surface area contributed by atoms with Crippen molar-refractivity contribution >= 4 is 10.9 Å². The second-order valence-corrected chi connectivity index (χ2v) is 7.63. The lowest BCUT2D eigenvalue weighted by atomic mass is 9.87. The molecule has 26 heavy (non-hydrogen) atoms. The summed E-state index contributed by atoms with van der Waals surface area (Å²) in [5, 5.41) is 11.8. The first kappa shape index (κ1) is 17.3. The van der Waals surface area contributed by atoms with E-state index in [2.05, 4.69) is 53.2 Å². The predicted octanol–water partition coefficient (Wildman–Crippen LogP) is 4.26. The van der Waals surface area contributed by atoms with Gasteiger partial charge in [-0.25, -0.2) is 0 Å². The lowest BCUT2D eigenvalue weighted by Crippen LogP contribution is -2.39. The number of nitrogens with zero attached hydrogens (tertiary/aromatic N) is 1. The van der Waals surface area contributed by atoms with E-state index in [1.54, 1.807) is 0 Å². The van der Waals surface area contributed by atoms with Crippen LogP contribution in [0.4, 0.5) is 0 Å². The smallest absolute Gasteiger partial charge is 0.0707 e. The number of nitrogens with one attached hydrogen (secondary N) is 1. The number of aromatic nitrogens is 1. The normalized spacial score (nSPS) is 17.6. The summed E-state index contributed by atoms with van der Waals surface area (Å²) in [6.07, 6.45) is 2.79. The van der Waals surface area contributed by atoms with Gasteiger partial charge in [0.1, 0.15) is 0 Å². The molecule has 3 aromatic rings. The summed E-state index contributed by atoms with van der Waals surface area (Å²) in [5.74, 6) is 0.619. The van der Waals surface area contributed by atoms with Crippen molar-refractivity contribution in [3.8, 4) is 0 Å². The van der Waals surface area contributed by atoms with E-state index >= 15 is 0 Å². The first-order valence-electron chi connectivity index (χ1n) is 9.72. The van der Waals surface area contributed by atoms with E-state index < -0.39 is 0 Å². The summed E-state index contributed by atoms with van der Waals surface area (Å²) in [7, 11) is 0. The maximum Gasteiger partial charge on any atom is 0.0707 e. The van der Waals surface area contributed by atoms with Crippen molar-refractivity contribution in [2.45, 2.75) is 38.2 Å². The Balaban J connectivity index is 1.36. The van der Waals surface area contributed by atoms with Crippen LogP contribution in [0.15, 0.2) is 54.6 Å². The lowest BCUT2D eigenvalue weighted by Gasteiger charge is -2.33. The molecule has 1 fully saturated rings. The number of aliphatic hydroxyl groups excluding tert-OH is 1. The van der Waals surface area contributed by atoms with E-state index in [1.165, 1.54) is 40.6 Å². The molecule has 1 aliphatic rings. The number of para-hydroxylation sites is 1. The van der Waals surface area contributed by atoms with Crippen LogP contribution in [-0.2, 0) is 6.42 Å². The average molecular weight is 348 g/mol. The zero-order valence-electron chi connectivity index (χ0n) is 15.5. The lowest BCUT2D eigenvalue weighted by molar-refractivity contribution is 0.0972. The van der Waals surface area contributed by atoms with Gasteiger partial charge in [-0.1, -0.05) is 48.5 Å². The predicted molar refractivity (Wildman–Crippen MR) is 108 cm³/mol. The van der Waals surface area contributed by atoms with Crippen LogP contribution in [0.2, 0.25) is 0 Å². The third kappa shape index (κ3) is 3.69. The van der Waals surface area contributed by atoms with E-state index in [-0.39, 0.29) is 6.10 Å². The number of hydrogen-bond donors (Lipinski definition) is 2. The van der Waals surface area contributed by atoms with Crippen LogP contribution in [-0.4, -0.2) is 40.7 Å². The highest BCUT2D eigenvalue weighted by atomic mass is 16.3. The summed E-state index contributed by atoms with van der Waals surface area (Å²) in [5.41, 5.74) is 5.28. The Morgan fingerprint density at radius 1 is 1.04 bits per heavy atom. The number of aryl methyl sites for hydroxylation is 1. The quantitative estimate of drug-likeness (QED) is 0.723. The third-order valence-corrected chi connectivity index (χ3v) is 5.72. The Hall–Kier alpha value is -2.10. The number of benzene rings is 2. The van der Waals surface area contributed by atoms with Crippen molar-refractivity contribution < 1.29 is 5.11 Å². The second-order valence-electron chi connectivity index (χ2n) is 7.63. The Bertz CT molecular complexity index is 847. The zero-order chi connectivity index (χ0) is 17.9. The van der Waals surface area contributed by atoms with Crippen LogP contribution in [0.25, 0.3) is 10.9 Å². The minimum absolute atomic E-state index is 0.288. The van der Waals surface area contributed by atoms with Crippen LogP contribution in [0.1, 0.15) is 35.6 Å². The largest absolute Gasteiger partial charge is 0.391 e. The molecule has 2 N–H and O–H groups in total. The SMILES string of the molecule is Cc1[nH]c2ccccc2c1C1CCN(CC(O)Cc2ccccc2)CC1. The Labute approximate surface area is 155 Å². The van der Waals surface area contributed by atoms with Crippen molar-refractivity contribution in [2.75, 3.05) is 19.6 Å². The molecule has 1 atom stereocenters. The van der Waals surface area contributed by atoms with Gasteiger partial charge in [-0.2, -0.15) is 0 Å². The molecule has 0 saturated carbocycles. The monoisotopic (exact) mass is 348 g/mol. The maximum absolute atomic E-state index is 10.4. The van der Waals surface area contributed by atoms with E-state index in [9.17, 15) is 5.11 Å². The van der Waals surface area contributed by atoms with Crippen molar-refractivity contribution in [1.29, 1.82) is 0 Å². The average Bonchev–Trinajstić information content (AvgIpc) is 2.99. The number of piperidine rings is 1. The molecule has 1 unspecified atom stereocenters. The molecule has 0 spiro atoms. The zero-order valence-corrected chi connectivity index (χ0v) is 15.5. The fraction of sp³-hybridized carbons (Fsp3) is 0.391. The van der Waals surface area contributed by atoms with Gasteiger partial charge < -0.3 is 15.0 Å². The summed E-state index contributed by atoms with van der Waals surface area (Å²) in [4.78, 5) is 5.97. The van der Waals surface area contributed by atoms with E-state index in [0.717, 1.165) is 26.1 Å². The first-order valence-corrected chi connectivity index (χ1v) is 9.72. The number of fused-ring (bicyclic) bond motifs is 1. The van der Waals surface area contributed by atoms with Gasteiger partial charge in [0.2, 0.25) is 0 Å². The molecule has 0 radical (unpaired) electrons.